The Morgan fingerprint density at radius 2 is 1.82 bits per heavy atom. The van der Waals surface area contributed by atoms with E-state index in [1.807, 2.05) is 40.0 Å². The molecular weight excluding hydrogens is 638 g/mol. The number of piperidine rings is 1. The predicted octanol–water partition coefficient (Wildman–Crippen LogP) is 2.04. The van der Waals surface area contributed by atoms with Gasteiger partial charge in [0.25, 0.3) is 0 Å². The number of aryl methyl sites for hydroxylation is 1. The summed E-state index contributed by atoms with van der Waals surface area (Å²) in [4.78, 5) is 35.6. The van der Waals surface area contributed by atoms with Crippen molar-refractivity contribution in [1.82, 2.24) is 45.8 Å². The lowest BCUT2D eigenvalue weighted by atomic mass is 9.95. The summed E-state index contributed by atoms with van der Waals surface area (Å²) in [6, 6.07) is 8.65. The number of hydrogen-bond donors (Lipinski definition) is 6. The van der Waals surface area contributed by atoms with Gasteiger partial charge in [0, 0.05) is 63.2 Å². The predicted molar refractivity (Wildman–Crippen MR) is 193 cm³/mol. The number of aromatic nitrogens is 5. The van der Waals surface area contributed by atoms with Crippen LogP contribution in [0, 0.1) is 0 Å². The molecule has 2 aromatic heterocycles. The minimum atomic E-state index is -0.386. The summed E-state index contributed by atoms with van der Waals surface area (Å²) in [5.74, 6) is 1.04. The van der Waals surface area contributed by atoms with E-state index in [4.69, 9.17) is 14.7 Å². The highest BCUT2D eigenvalue weighted by molar-refractivity contribution is 5.90. The topological polar surface area (TPSA) is 183 Å². The van der Waals surface area contributed by atoms with E-state index in [1.54, 1.807) is 6.92 Å². The zero-order chi connectivity index (χ0) is 35.0. The summed E-state index contributed by atoms with van der Waals surface area (Å²) in [7, 11) is 0. The highest BCUT2D eigenvalue weighted by atomic mass is 16.5. The summed E-state index contributed by atoms with van der Waals surface area (Å²) in [6.45, 7) is 7.16. The highest BCUT2D eigenvalue weighted by Crippen LogP contribution is 2.25. The molecule has 1 atom stereocenters. The smallest absolute Gasteiger partial charge is 0.319 e. The molecule has 1 aromatic carbocycles. The maximum Gasteiger partial charge on any atom is 0.319 e. The number of nitrogens with one attached hydrogen (secondary N) is 5. The number of rotatable bonds is 20. The minimum Gasteiger partial charge on any atom is -0.465 e. The molecule has 0 radical (unpaired) electrons. The van der Waals surface area contributed by atoms with Crippen LogP contribution in [0.15, 0.2) is 30.5 Å². The Labute approximate surface area is 294 Å². The molecule has 15 nitrogen and oxygen atoms in total. The Hall–Kier alpha value is -3.92. The first-order chi connectivity index (χ1) is 24.5. The van der Waals surface area contributed by atoms with E-state index in [2.05, 4.69) is 36.9 Å². The van der Waals surface area contributed by atoms with Crippen molar-refractivity contribution in [1.29, 1.82) is 0 Å². The van der Waals surface area contributed by atoms with Gasteiger partial charge in [0.1, 0.15) is 11.5 Å². The molecule has 1 saturated heterocycles. The summed E-state index contributed by atoms with van der Waals surface area (Å²) < 4.78 is 6.74. The third kappa shape index (κ3) is 12.1. The number of fused-ring (bicyclic) bond motifs is 1. The fraction of sp³-hybridized carbons (Fsp3) is 0.657. The van der Waals surface area contributed by atoms with Crippen LogP contribution in [0.2, 0.25) is 0 Å². The van der Waals surface area contributed by atoms with Crippen LogP contribution in [0.3, 0.4) is 0 Å². The molecule has 3 aromatic rings. The lowest BCUT2D eigenvalue weighted by Gasteiger charge is -2.33. The fourth-order valence-corrected chi connectivity index (χ4v) is 6.50. The second kappa shape index (κ2) is 20.1. The van der Waals surface area contributed by atoms with Crippen molar-refractivity contribution in [2.24, 2.45) is 0 Å². The van der Waals surface area contributed by atoms with Gasteiger partial charge in [-0.05, 0) is 57.7 Å². The number of carbonyl (C=O) groups is 2. The highest BCUT2D eigenvalue weighted by Gasteiger charge is 2.24. The first-order valence-electron chi connectivity index (χ1n) is 18.4. The number of esters is 1. The molecule has 1 unspecified atom stereocenters. The number of anilines is 2. The third-order valence-electron chi connectivity index (χ3n) is 9.26. The Morgan fingerprint density at radius 3 is 2.64 bits per heavy atom. The van der Waals surface area contributed by atoms with Crippen LogP contribution in [0.5, 0.6) is 0 Å². The molecule has 15 heteroatoms. The Balaban J connectivity index is 1.02. The molecule has 1 amide bonds. The molecule has 6 N–H and O–H groups in total. The van der Waals surface area contributed by atoms with Crippen molar-refractivity contribution in [3.8, 4) is 0 Å². The number of aliphatic hydroxyl groups is 1. The number of hydrogen-bond acceptors (Lipinski definition) is 13. The third-order valence-corrected chi connectivity index (χ3v) is 9.26. The van der Waals surface area contributed by atoms with Crippen LogP contribution in [0.1, 0.15) is 70.4 Å². The molecule has 3 heterocycles. The van der Waals surface area contributed by atoms with E-state index in [-0.39, 0.29) is 30.6 Å². The van der Waals surface area contributed by atoms with Crippen molar-refractivity contribution in [3.63, 3.8) is 0 Å². The van der Waals surface area contributed by atoms with Crippen molar-refractivity contribution in [2.75, 3.05) is 63.1 Å². The van der Waals surface area contributed by atoms with Crippen LogP contribution in [-0.2, 0) is 27.4 Å². The molecule has 0 bridgehead atoms. The average molecular weight is 694 g/mol. The SMILES string of the molecule is CCOC(=O)CNCCC(=O)N1CCC(Nc2nc(NCc3cn(CCCNCC(O)CNC4CCCCC4)nn3)nc3ccccc23)CC1. The van der Waals surface area contributed by atoms with Gasteiger partial charge >= 0.3 is 5.97 Å². The standard InChI is InChI=1S/C35H55N11O4/c1-2-50-33(49)24-37-17-13-32(48)45-19-14-27(15-20-45)40-34-30-11-6-7-12-31(30)41-35(42-34)39-21-28-25-46(44-43-28)18-8-16-36-22-29(47)23-38-26-9-4-3-5-10-26/h6-7,11-12,25-27,29,36-38,47H,2-5,8-10,13-24H2,1H3,(H2,39,40,41,42). The lowest BCUT2D eigenvalue weighted by molar-refractivity contribution is -0.142. The van der Waals surface area contributed by atoms with Crippen molar-refractivity contribution in [2.45, 2.75) is 96.0 Å². The van der Waals surface area contributed by atoms with Gasteiger partial charge in [0.05, 0.1) is 37.5 Å². The number of carbonyl (C=O) groups excluding carboxylic acids is 2. The van der Waals surface area contributed by atoms with Gasteiger partial charge < -0.3 is 41.3 Å². The molecule has 0 spiro atoms. The number of benzene rings is 1. The number of ether oxygens (including phenoxy) is 1. The number of para-hydroxylation sites is 1. The maximum atomic E-state index is 12.7. The second-order valence-electron chi connectivity index (χ2n) is 13.2. The van der Waals surface area contributed by atoms with Crippen LogP contribution in [0.4, 0.5) is 11.8 Å². The normalized spacial score (nSPS) is 16.4. The van der Waals surface area contributed by atoms with E-state index in [0.717, 1.165) is 54.8 Å². The number of likely N-dealkylation sites (tertiary alicyclic amines) is 1. The van der Waals surface area contributed by atoms with Crippen LogP contribution in [-0.4, -0.2) is 117 Å². The Bertz CT molecular complexity index is 1470. The largest absolute Gasteiger partial charge is 0.465 e. The van der Waals surface area contributed by atoms with E-state index < -0.39 is 0 Å². The van der Waals surface area contributed by atoms with E-state index in [1.165, 1.54) is 32.1 Å². The maximum absolute atomic E-state index is 12.7. The number of nitrogens with zero attached hydrogens (tertiary/aromatic N) is 6. The zero-order valence-corrected chi connectivity index (χ0v) is 29.4. The summed E-state index contributed by atoms with van der Waals surface area (Å²) in [5, 5.41) is 36.6. The van der Waals surface area contributed by atoms with Gasteiger partial charge in [-0.25, -0.2) is 4.98 Å². The Morgan fingerprint density at radius 1 is 1.00 bits per heavy atom. The van der Waals surface area contributed by atoms with E-state index in [9.17, 15) is 14.7 Å². The van der Waals surface area contributed by atoms with E-state index in [0.29, 0.717) is 64.3 Å². The van der Waals surface area contributed by atoms with Gasteiger partial charge in [-0.15, -0.1) is 5.10 Å². The second-order valence-corrected chi connectivity index (χ2v) is 13.2. The van der Waals surface area contributed by atoms with Crippen LogP contribution < -0.4 is 26.6 Å². The molecule has 2 fully saturated rings. The van der Waals surface area contributed by atoms with Gasteiger partial charge in [0.15, 0.2) is 0 Å². The lowest BCUT2D eigenvalue weighted by Crippen LogP contribution is -2.43. The summed E-state index contributed by atoms with van der Waals surface area (Å²) in [6.07, 6.45) is 10.7. The molecule has 50 heavy (non-hydrogen) atoms. The molecule has 5 rings (SSSR count). The van der Waals surface area contributed by atoms with Crippen molar-refractivity contribution < 1.29 is 19.4 Å². The summed E-state index contributed by atoms with van der Waals surface area (Å²) >= 11 is 0. The quantitative estimate of drug-likeness (QED) is 0.0748. The monoisotopic (exact) mass is 693 g/mol. The van der Waals surface area contributed by atoms with Gasteiger partial charge in [-0.2, -0.15) is 4.98 Å². The first kappa shape index (κ1) is 37.3. The molecule has 1 aliphatic heterocycles. The average Bonchev–Trinajstić information content (AvgIpc) is 3.60. The molecule has 274 valence electrons. The zero-order valence-electron chi connectivity index (χ0n) is 29.4. The minimum absolute atomic E-state index is 0.0835. The Kier molecular flexibility index (Phi) is 15.0. The van der Waals surface area contributed by atoms with Crippen LogP contribution >= 0.6 is 0 Å². The van der Waals surface area contributed by atoms with Crippen molar-refractivity contribution in [3.05, 3.63) is 36.2 Å². The van der Waals surface area contributed by atoms with Crippen LogP contribution in [0.25, 0.3) is 10.9 Å². The molecule has 1 saturated carbocycles. The molecule has 2 aliphatic rings. The fourth-order valence-electron chi connectivity index (χ4n) is 6.50. The number of aliphatic hydroxyl groups excluding tert-OH is 1. The molecular formula is C35H55N11O4. The number of amides is 1. The van der Waals surface area contributed by atoms with Gasteiger partial charge in [0.2, 0.25) is 11.9 Å². The van der Waals surface area contributed by atoms with Gasteiger partial charge in [-0.3, -0.25) is 14.3 Å². The molecule has 1 aliphatic carbocycles. The first-order valence-corrected chi connectivity index (χ1v) is 18.4. The summed E-state index contributed by atoms with van der Waals surface area (Å²) in [5.41, 5.74) is 1.63. The van der Waals surface area contributed by atoms with Gasteiger partial charge in [-0.1, -0.05) is 36.6 Å². The van der Waals surface area contributed by atoms with Crippen molar-refractivity contribution >= 4 is 34.5 Å². The van der Waals surface area contributed by atoms with E-state index >= 15 is 0 Å².